The fourth-order valence-corrected chi connectivity index (χ4v) is 2.23. The van der Waals surface area contributed by atoms with Crippen LogP contribution in [0.5, 0.6) is 11.5 Å². The van der Waals surface area contributed by atoms with Gasteiger partial charge in [0.05, 0.1) is 14.2 Å². The van der Waals surface area contributed by atoms with E-state index < -0.39 is 0 Å². The highest BCUT2D eigenvalue weighted by atomic mass is 35.5. The second kappa shape index (κ2) is 6.72. The van der Waals surface area contributed by atoms with E-state index in [0.29, 0.717) is 6.04 Å². The predicted molar refractivity (Wildman–Crippen MR) is 71.4 cm³/mol. The van der Waals surface area contributed by atoms with E-state index in [1.165, 1.54) is 24.8 Å². The number of hydrogen-bond acceptors (Lipinski definition) is 3. The van der Waals surface area contributed by atoms with E-state index in [2.05, 4.69) is 11.4 Å². The summed E-state index contributed by atoms with van der Waals surface area (Å²) in [5.41, 5.74) is 1.21. The molecule has 0 spiro atoms. The van der Waals surface area contributed by atoms with Crippen LogP contribution in [0.3, 0.4) is 0 Å². The first kappa shape index (κ1) is 14.1. The van der Waals surface area contributed by atoms with Crippen molar-refractivity contribution in [1.82, 2.24) is 5.32 Å². The highest BCUT2D eigenvalue weighted by Gasteiger charge is 2.18. The molecule has 1 saturated heterocycles. The van der Waals surface area contributed by atoms with Gasteiger partial charge in [-0.3, -0.25) is 0 Å². The molecule has 0 amide bonds. The standard InChI is InChI=1S/C13H19NO2.ClH/c1-15-10-6-7-13(16-2)11(9-10)12-5-3-4-8-14-12;/h6-7,9,12,14H,3-5,8H2,1-2H3;1H/t12-;/m1./s1. The van der Waals surface area contributed by atoms with Crippen LogP contribution in [0, 0.1) is 0 Å². The van der Waals surface area contributed by atoms with Crippen molar-refractivity contribution in [2.75, 3.05) is 20.8 Å². The first-order valence-corrected chi connectivity index (χ1v) is 5.80. The van der Waals surface area contributed by atoms with Crippen LogP contribution < -0.4 is 14.8 Å². The molecule has 0 aromatic heterocycles. The molecule has 17 heavy (non-hydrogen) atoms. The molecule has 1 heterocycles. The molecule has 1 aliphatic heterocycles. The van der Waals surface area contributed by atoms with E-state index in [9.17, 15) is 0 Å². The van der Waals surface area contributed by atoms with Crippen LogP contribution in [0.1, 0.15) is 30.9 Å². The summed E-state index contributed by atoms with van der Waals surface area (Å²) in [6.45, 7) is 1.09. The SMILES string of the molecule is COc1ccc(OC)c([C@H]2CCCCN2)c1.Cl. The molecule has 1 aromatic carbocycles. The van der Waals surface area contributed by atoms with E-state index in [1.807, 2.05) is 12.1 Å². The molecule has 0 bridgehead atoms. The summed E-state index contributed by atoms with van der Waals surface area (Å²) in [4.78, 5) is 0. The predicted octanol–water partition coefficient (Wildman–Crippen LogP) is 2.94. The Balaban J connectivity index is 0.00000144. The number of benzene rings is 1. The average Bonchev–Trinajstić information content (AvgIpc) is 2.39. The third-order valence-electron chi connectivity index (χ3n) is 3.12. The molecule has 1 aromatic rings. The maximum absolute atomic E-state index is 5.40. The molecule has 2 rings (SSSR count). The smallest absolute Gasteiger partial charge is 0.123 e. The van der Waals surface area contributed by atoms with Gasteiger partial charge in [-0.25, -0.2) is 0 Å². The van der Waals surface area contributed by atoms with Gasteiger partial charge < -0.3 is 14.8 Å². The van der Waals surface area contributed by atoms with Crippen molar-refractivity contribution in [3.8, 4) is 11.5 Å². The third kappa shape index (κ3) is 3.27. The zero-order valence-corrected chi connectivity index (χ0v) is 11.2. The molecule has 4 heteroatoms. The maximum Gasteiger partial charge on any atom is 0.123 e. The highest BCUT2D eigenvalue weighted by molar-refractivity contribution is 5.85. The lowest BCUT2D eigenvalue weighted by molar-refractivity contribution is 0.368. The lowest BCUT2D eigenvalue weighted by Gasteiger charge is -2.25. The maximum atomic E-state index is 5.40. The fourth-order valence-electron chi connectivity index (χ4n) is 2.23. The molecule has 1 N–H and O–H groups in total. The largest absolute Gasteiger partial charge is 0.497 e. The minimum atomic E-state index is 0. The number of hydrogen-bond donors (Lipinski definition) is 1. The molecule has 1 fully saturated rings. The number of piperidine rings is 1. The second-order valence-electron chi connectivity index (χ2n) is 4.11. The van der Waals surface area contributed by atoms with Crippen molar-refractivity contribution >= 4 is 12.4 Å². The Morgan fingerprint density at radius 2 is 2.00 bits per heavy atom. The number of halogens is 1. The van der Waals surface area contributed by atoms with E-state index in [4.69, 9.17) is 9.47 Å². The lowest BCUT2D eigenvalue weighted by atomic mass is 9.96. The molecule has 0 unspecified atom stereocenters. The number of rotatable bonds is 3. The van der Waals surface area contributed by atoms with Gasteiger partial charge in [0.2, 0.25) is 0 Å². The molecule has 0 saturated carbocycles. The Labute approximate surface area is 109 Å². The molecule has 0 radical (unpaired) electrons. The Bertz CT molecular complexity index is 351. The minimum Gasteiger partial charge on any atom is -0.497 e. The van der Waals surface area contributed by atoms with Crippen molar-refractivity contribution in [3.05, 3.63) is 23.8 Å². The fraction of sp³-hybridized carbons (Fsp3) is 0.538. The van der Waals surface area contributed by atoms with Gasteiger partial charge in [-0.15, -0.1) is 12.4 Å². The van der Waals surface area contributed by atoms with Gasteiger partial charge in [0, 0.05) is 11.6 Å². The zero-order chi connectivity index (χ0) is 11.4. The van der Waals surface area contributed by atoms with Crippen molar-refractivity contribution in [1.29, 1.82) is 0 Å². The van der Waals surface area contributed by atoms with Crippen LogP contribution in [0.25, 0.3) is 0 Å². The number of methoxy groups -OCH3 is 2. The average molecular weight is 258 g/mol. The normalized spacial score (nSPS) is 19.3. The summed E-state index contributed by atoms with van der Waals surface area (Å²) in [5, 5.41) is 3.53. The van der Waals surface area contributed by atoms with Crippen molar-refractivity contribution in [3.63, 3.8) is 0 Å². The summed E-state index contributed by atoms with van der Waals surface area (Å²) in [5.74, 6) is 1.84. The van der Waals surface area contributed by atoms with Crippen molar-refractivity contribution < 1.29 is 9.47 Å². The van der Waals surface area contributed by atoms with Gasteiger partial charge in [-0.2, -0.15) is 0 Å². The Morgan fingerprint density at radius 1 is 1.18 bits per heavy atom. The quantitative estimate of drug-likeness (QED) is 0.903. The summed E-state index contributed by atoms with van der Waals surface area (Å²) in [6.07, 6.45) is 3.71. The molecular weight excluding hydrogens is 238 g/mol. The van der Waals surface area contributed by atoms with Gasteiger partial charge in [0.15, 0.2) is 0 Å². The highest BCUT2D eigenvalue weighted by Crippen LogP contribution is 2.33. The van der Waals surface area contributed by atoms with Gasteiger partial charge >= 0.3 is 0 Å². The van der Waals surface area contributed by atoms with Crippen molar-refractivity contribution in [2.24, 2.45) is 0 Å². The lowest BCUT2D eigenvalue weighted by Crippen LogP contribution is -2.27. The molecule has 0 aliphatic carbocycles. The Hall–Kier alpha value is -0.930. The number of ether oxygens (including phenoxy) is 2. The Kier molecular flexibility index (Phi) is 5.59. The summed E-state index contributed by atoms with van der Waals surface area (Å²) in [7, 11) is 3.41. The van der Waals surface area contributed by atoms with Crippen LogP contribution in [-0.4, -0.2) is 20.8 Å². The number of nitrogens with one attached hydrogen (secondary N) is 1. The molecule has 1 atom stereocenters. The van der Waals surface area contributed by atoms with Gasteiger partial charge in [0.25, 0.3) is 0 Å². The summed E-state index contributed by atoms with van der Waals surface area (Å²) < 4.78 is 10.7. The van der Waals surface area contributed by atoms with E-state index in [0.717, 1.165) is 18.0 Å². The van der Waals surface area contributed by atoms with Crippen LogP contribution in [0.15, 0.2) is 18.2 Å². The Morgan fingerprint density at radius 3 is 2.59 bits per heavy atom. The monoisotopic (exact) mass is 257 g/mol. The zero-order valence-electron chi connectivity index (χ0n) is 10.4. The second-order valence-corrected chi connectivity index (χ2v) is 4.11. The van der Waals surface area contributed by atoms with Gasteiger partial charge in [-0.1, -0.05) is 6.42 Å². The minimum absolute atomic E-state index is 0. The van der Waals surface area contributed by atoms with Crippen LogP contribution in [0.2, 0.25) is 0 Å². The van der Waals surface area contributed by atoms with E-state index in [1.54, 1.807) is 14.2 Å². The van der Waals surface area contributed by atoms with E-state index in [-0.39, 0.29) is 12.4 Å². The van der Waals surface area contributed by atoms with Crippen LogP contribution in [-0.2, 0) is 0 Å². The van der Waals surface area contributed by atoms with E-state index >= 15 is 0 Å². The molecule has 1 aliphatic rings. The van der Waals surface area contributed by atoms with Crippen LogP contribution >= 0.6 is 12.4 Å². The topological polar surface area (TPSA) is 30.5 Å². The molecule has 96 valence electrons. The summed E-state index contributed by atoms with van der Waals surface area (Å²) >= 11 is 0. The molecule has 3 nitrogen and oxygen atoms in total. The summed E-state index contributed by atoms with van der Waals surface area (Å²) in [6, 6.07) is 6.39. The first-order chi connectivity index (χ1) is 7.85. The van der Waals surface area contributed by atoms with Crippen LogP contribution in [0.4, 0.5) is 0 Å². The molecular formula is C13H20ClNO2. The van der Waals surface area contributed by atoms with Gasteiger partial charge in [-0.05, 0) is 37.6 Å². The third-order valence-corrected chi connectivity index (χ3v) is 3.12. The van der Waals surface area contributed by atoms with Crippen molar-refractivity contribution in [2.45, 2.75) is 25.3 Å². The first-order valence-electron chi connectivity index (χ1n) is 5.80. The van der Waals surface area contributed by atoms with Gasteiger partial charge in [0.1, 0.15) is 11.5 Å².